The number of hydrogen-bond acceptors (Lipinski definition) is 1. The Bertz CT molecular complexity index is 1620. The molecule has 1 unspecified atom stereocenters. The molecule has 38 heavy (non-hydrogen) atoms. The van der Waals surface area contributed by atoms with Gasteiger partial charge in [0.2, 0.25) is 0 Å². The molecule has 1 atom stereocenters. The third kappa shape index (κ3) is 3.72. The van der Waals surface area contributed by atoms with Gasteiger partial charge in [-0.2, -0.15) is 0 Å². The Hall–Kier alpha value is -3.09. The van der Waals surface area contributed by atoms with Gasteiger partial charge in [0.05, 0.1) is 0 Å². The van der Waals surface area contributed by atoms with E-state index in [1.807, 2.05) is 0 Å². The molecule has 2 heteroatoms. The summed E-state index contributed by atoms with van der Waals surface area (Å²) in [5, 5.41) is 0. The van der Waals surface area contributed by atoms with Crippen molar-refractivity contribution in [2.75, 3.05) is 19.0 Å². The Kier molecular flexibility index (Phi) is 6.16. The standard InChI is InChI=1S/C15H14N.C13H10.C6H7.2CH3.Zr/c1-16(2)14-9-5-7-12-10-11-6-3-4-8-13(11)15(12)14;1-3-7-12(8-4-1)11-13-9-5-2-6-10-13;1-6-4-2-3-5-6;;;/h3-10H,1-2H3;1-10H;4-5H,2H2,1H3;2*1H3;. The zero-order valence-corrected chi connectivity index (χ0v) is 25.7. The summed E-state index contributed by atoms with van der Waals surface area (Å²) in [5.41, 5.74) is 11.3. The predicted molar refractivity (Wildman–Crippen MR) is 162 cm³/mol. The molecular formula is C36H37NZr. The molecule has 2 aliphatic carbocycles. The monoisotopic (exact) mass is 573 g/mol. The van der Waals surface area contributed by atoms with Gasteiger partial charge in [-0.3, -0.25) is 0 Å². The van der Waals surface area contributed by atoms with Crippen molar-refractivity contribution in [3.63, 3.8) is 0 Å². The van der Waals surface area contributed by atoms with E-state index < -0.39 is 18.3 Å². The Labute approximate surface area is 228 Å². The molecule has 0 fully saturated rings. The molecule has 4 aromatic rings. The molecule has 0 aromatic heterocycles. The second-order valence-corrected chi connectivity index (χ2v) is 28.5. The summed E-state index contributed by atoms with van der Waals surface area (Å²) in [7, 11) is 4.35. The van der Waals surface area contributed by atoms with Gasteiger partial charge in [0.1, 0.15) is 0 Å². The fraction of sp³-hybridized carbons (Fsp3) is 0.194. The topological polar surface area (TPSA) is 3.24 Å². The minimum atomic E-state index is -4.21. The second kappa shape index (κ2) is 9.28. The van der Waals surface area contributed by atoms with E-state index in [0.29, 0.717) is 3.63 Å². The van der Waals surface area contributed by atoms with E-state index in [2.05, 4.69) is 150 Å². The van der Waals surface area contributed by atoms with Crippen molar-refractivity contribution in [3.8, 4) is 11.1 Å². The van der Waals surface area contributed by atoms with Crippen LogP contribution < -0.4 is 4.90 Å². The Morgan fingerprint density at radius 1 is 0.711 bits per heavy atom. The molecule has 0 bridgehead atoms. The summed E-state index contributed by atoms with van der Waals surface area (Å²) >= 11 is -4.21. The molecule has 0 radical (unpaired) electrons. The summed E-state index contributed by atoms with van der Waals surface area (Å²) in [6.07, 6.45) is 6.05. The molecular weight excluding hydrogens is 538 g/mol. The van der Waals surface area contributed by atoms with E-state index in [0.717, 1.165) is 6.42 Å². The quantitative estimate of drug-likeness (QED) is 0.230. The molecule has 0 aliphatic heterocycles. The molecule has 2 aliphatic rings. The molecule has 0 heterocycles. The zero-order chi connectivity index (χ0) is 26.5. The molecule has 0 amide bonds. The van der Waals surface area contributed by atoms with Crippen LogP contribution in [0.2, 0.25) is 9.26 Å². The molecule has 0 saturated carbocycles. The van der Waals surface area contributed by atoms with Crippen LogP contribution in [0.4, 0.5) is 5.69 Å². The molecule has 1 nitrogen and oxygen atoms in total. The molecule has 6 rings (SSSR count). The number of hydrogen-bond donors (Lipinski definition) is 0. The van der Waals surface area contributed by atoms with Gasteiger partial charge in [-0.1, -0.05) is 0 Å². The molecule has 0 N–H and O–H groups in total. The van der Waals surface area contributed by atoms with Crippen LogP contribution in [0.3, 0.4) is 0 Å². The van der Waals surface area contributed by atoms with E-state index in [-0.39, 0.29) is 0 Å². The Morgan fingerprint density at radius 2 is 1.29 bits per heavy atom. The van der Waals surface area contributed by atoms with E-state index in [1.165, 1.54) is 44.6 Å². The third-order valence-corrected chi connectivity index (χ3v) is 25.9. The van der Waals surface area contributed by atoms with Crippen LogP contribution in [0.15, 0.2) is 124 Å². The maximum absolute atomic E-state index is 4.21. The van der Waals surface area contributed by atoms with Gasteiger partial charge in [0, 0.05) is 0 Å². The number of fused-ring (bicyclic) bond motifs is 3. The summed E-state index contributed by atoms with van der Waals surface area (Å²) in [6, 6.07) is 38.7. The normalized spacial score (nSPS) is 16.4. The number of allylic oxidation sites excluding steroid dienone is 4. The Balaban J connectivity index is 1.84. The summed E-state index contributed by atoms with van der Waals surface area (Å²) in [6.45, 7) is 2.27. The summed E-state index contributed by atoms with van der Waals surface area (Å²) in [5.74, 6) is 0. The van der Waals surface area contributed by atoms with Gasteiger partial charge in [0.25, 0.3) is 0 Å². The van der Waals surface area contributed by atoms with E-state index in [9.17, 15) is 0 Å². The van der Waals surface area contributed by atoms with Gasteiger partial charge in [-0.05, 0) is 0 Å². The molecule has 190 valence electrons. The number of nitrogens with zero attached hydrogens (tertiary/aromatic N) is 1. The van der Waals surface area contributed by atoms with Crippen LogP contribution >= 0.6 is 0 Å². The predicted octanol–water partition coefficient (Wildman–Crippen LogP) is 9.11. The first-order valence-corrected chi connectivity index (χ1v) is 22.5. The maximum atomic E-state index is 2.73. The van der Waals surface area contributed by atoms with Gasteiger partial charge < -0.3 is 0 Å². The second-order valence-electron chi connectivity index (χ2n) is 12.1. The van der Waals surface area contributed by atoms with E-state index >= 15 is 0 Å². The third-order valence-electron chi connectivity index (χ3n) is 9.20. The van der Waals surface area contributed by atoms with Crippen molar-refractivity contribution in [2.24, 2.45) is 0 Å². The number of benzene rings is 4. The Morgan fingerprint density at radius 3 is 1.87 bits per heavy atom. The van der Waals surface area contributed by atoms with Crippen molar-refractivity contribution in [1.82, 2.24) is 0 Å². The van der Waals surface area contributed by atoms with Crippen LogP contribution in [-0.2, 0) is 18.3 Å². The number of rotatable bonds is 5. The van der Waals surface area contributed by atoms with Crippen molar-refractivity contribution in [3.05, 3.63) is 146 Å². The van der Waals surface area contributed by atoms with Crippen molar-refractivity contribution >= 4 is 8.89 Å². The molecule has 4 aromatic carbocycles. The van der Waals surface area contributed by atoms with Crippen molar-refractivity contribution in [2.45, 2.75) is 26.2 Å². The van der Waals surface area contributed by atoms with Gasteiger partial charge in [0.15, 0.2) is 0 Å². The van der Waals surface area contributed by atoms with E-state index in [4.69, 9.17) is 0 Å². The SMILES string of the molecule is CC1=CC[C]([Zr]([CH3])([CH3])(=[C](c2ccccc2)c2ccccc2)[CH]2c3ccccc3-c3c2cccc3N(C)C)=C1. The van der Waals surface area contributed by atoms with Crippen LogP contribution in [0.5, 0.6) is 0 Å². The summed E-state index contributed by atoms with van der Waals surface area (Å²) < 4.78 is 9.07. The zero-order valence-electron chi connectivity index (χ0n) is 23.2. The molecule has 0 spiro atoms. The van der Waals surface area contributed by atoms with Gasteiger partial charge in [-0.25, -0.2) is 0 Å². The van der Waals surface area contributed by atoms with Gasteiger partial charge >= 0.3 is 230 Å². The average molecular weight is 575 g/mol. The fourth-order valence-corrected chi connectivity index (χ4v) is 24.3. The number of anilines is 1. The van der Waals surface area contributed by atoms with Crippen LogP contribution in [0.1, 0.15) is 39.2 Å². The van der Waals surface area contributed by atoms with Crippen molar-refractivity contribution < 1.29 is 18.3 Å². The first kappa shape index (κ1) is 25.2. The van der Waals surface area contributed by atoms with Crippen LogP contribution in [0, 0.1) is 0 Å². The van der Waals surface area contributed by atoms with Crippen LogP contribution in [0.25, 0.3) is 11.1 Å². The first-order chi connectivity index (χ1) is 18.3. The fourth-order valence-electron chi connectivity index (χ4n) is 7.50. The van der Waals surface area contributed by atoms with E-state index in [1.54, 1.807) is 6.49 Å². The molecule has 0 saturated heterocycles. The first-order valence-electron chi connectivity index (χ1n) is 13.8. The average Bonchev–Trinajstić information content (AvgIpc) is 3.52. The minimum absolute atomic E-state index is 0.350. The van der Waals surface area contributed by atoms with Crippen molar-refractivity contribution in [1.29, 1.82) is 0 Å². The van der Waals surface area contributed by atoms with Crippen LogP contribution in [-0.4, -0.2) is 17.3 Å². The van der Waals surface area contributed by atoms with Gasteiger partial charge in [-0.15, -0.1) is 0 Å². The summed E-state index contributed by atoms with van der Waals surface area (Å²) in [4.78, 5) is 2.28.